The average molecular weight is 188 g/mol. The van der Waals surface area contributed by atoms with Gasteiger partial charge in [0.25, 0.3) is 0 Å². The van der Waals surface area contributed by atoms with Gasteiger partial charge in [-0.1, -0.05) is 19.8 Å². The second kappa shape index (κ2) is 4.01. The maximum absolute atomic E-state index is 5.21. The Hall–Kier alpha value is 0.310. The highest BCUT2D eigenvalue weighted by Gasteiger charge is 2.32. The molecule has 0 bridgehead atoms. The first-order valence-electron chi connectivity index (χ1n) is 4.89. The van der Waals surface area contributed by atoms with Gasteiger partial charge in [0.05, 0.1) is 5.60 Å². The zero-order valence-corrected chi connectivity index (χ0v) is 9.23. The highest BCUT2D eigenvalue weighted by molar-refractivity contribution is 7.75. The SMILES string of the molecule is CC1CCC(C(C)(C)OS)CC1. The second-order valence-corrected chi connectivity index (χ2v) is 4.83. The van der Waals surface area contributed by atoms with Crippen molar-refractivity contribution >= 4 is 12.9 Å². The third-order valence-electron chi connectivity index (χ3n) is 3.23. The molecule has 1 nitrogen and oxygen atoms in total. The van der Waals surface area contributed by atoms with Gasteiger partial charge in [-0.2, -0.15) is 0 Å². The summed E-state index contributed by atoms with van der Waals surface area (Å²) in [4.78, 5) is 0. The molecule has 0 atom stereocenters. The first kappa shape index (κ1) is 10.4. The Morgan fingerprint density at radius 2 is 1.67 bits per heavy atom. The van der Waals surface area contributed by atoms with Crippen LogP contribution in [0.1, 0.15) is 46.5 Å². The van der Waals surface area contributed by atoms with Gasteiger partial charge < -0.3 is 4.18 Å². The van der Waals surface area contributed by atoms with Gasteiger partial charge >= 0.3 is 0 Å². The number of hydrogen-bond donors (Lipinski definition) is 1. The van der Waals surface area contributed by atoms with Crippen LogP contribution in [0.2, 0.25) is 0 Å². The van der Waals surface area contributed by atoms with Crippen molar-refractivity contribution in [3.8, 4) is 0 Å². The minimum atomic E-state index is -0.0384. The Morgan fingerprint density at radius 1 is 1.17 bits per heavy atom. The van der Waals surface area contributed by atoms with Gasteiger partial charge in [0, 0.05) is 0 Å². The molecule has 1 aliphatic carbocycles. The summed E-state index contributed by atoms with van der Waals surface area (Å²) in [5.41, 5.74) is -0.0384. The number of thiol groups is 1. The first-order valence-corrected chi connectivity index (χ1v) is 5.25. The molecular formula is C10H20OS. The summed E-state index contributed by atoms with van der Waals surface area (Å²) in [7, 11) is 0. The lowest BCUT2D eigenvalue weighted by atomic mass is 9.75. The van der Waals surface area contributed by atoms with Crippen LogP contribution in [0.3, 0.4) is 0 Å². The van der Waals surface area contributed by atoms with Gasteiger partial charge in [-0.25, -0.2) is 0 Å². The van der Waals surface area contributed by atoms with Crippen LogP contribution >= 0.6 is 12.9 Å². The van der Waals surface area contributed by atoms with Gasteiger partial charge in [0.1, 0.15) is 0 Å². The molecule has 0 aromatic heterocycles. The summed E-state index contributed by atoms with van der Waals surface area (Å²) >= 11 is 3.93. The molecule has 1 aliphatic rings. The van der Waals surface area contributed by atoms with E-state index in [1.54, 1.807) is 0 Å². The molecule has 0 aliphatic heterocycles. The third kappa shape index (κ3) is 2.40. The molecule has 1 rings (SSSR count). The van der Waals surface area contributed by atoms with Gasteiger partial charge in [0.15, 0.2) is 0 Å². The van der Waals surface area contributed by atoms with Gasteiger partial charge in [-0.05, 0) is 51.4 Å². The normalized spacial score (nSPS) is 32.0. The minimum absolute atomic E-state index is 0.0384. The molecule has 0 aromatic carbocycles. The fraction of sp³-hybridized carbons (Fsp3) is 1.00. The lowest BCUT2D eigenvalue weighted by Crippen LogP contribution is -2.34. The van der Waals surface area contributed by atoms with Gasteiger partial charge in [0.2, 0.25) is 0 Å². The minimum Gasteiger partial charge on any atom is -0.312 e. The highest BCUT2D eigenvalue weighted by Crippen LogP contribution is 2.37. The Kier molecular flexibility index (Phi) is 3.47. The van der Waals surface area contributed by atoms with Crippen molar-refractivity contribution in [3.63, 3.8) is 0 Å². The van der Waals surface area contributed by atoms with E-state index in [1.165, 1.54) is 25.7 Å². The molecule has 12 heavy (non-hydrogen) atoms. The fourth-order valence-corrected chi connectivity index (χ4v) is 2.18. The van der Waals surface area contributed by atoms with Crippen molar-refractivity contribution in [1.29, 1.82) is 0 Å². The van der Waals surface area contributed by atoms with E-state index in [0.717, 1.165) is 5.92 Å². The maximum atomic E-state index is 5.21. The molecule has 0 N–H and O–H groups in total. The molecule has 0 unspecified atom stereocenters. The van der Waals surface area contributed by atoms with E-state index in [0.29, 0.717) is 5.92 Å². The smallest absolute Gasteiger partial charge is 0.0797 e. The lowest BCUT2D eigenvalue weighted by Gasteiger charge is -2.36. The van der Waals surface area contributed by atoms with Crippen LogP contribution in [0.5, 0.6) is 0 Å². The van der Waals surface area contributed by atoms with Crippen molar-refractivity contribution in [3.05, 3.63) is 0 Å². The molecule has 0 heterocycles. The van der Waals surface area contributed by atoms with E-state index in [-0.39, 0.29) is 5.60 Å². The Morgan fingerprint density at radius 3 is 2.08 bits per heavy atom. The highest BCUT2D eigenvalue weighted by atomic mass is 32.1. The molecule has 1 saturated carbocycles. The van der Waals surface area contributed by atoms with Gasteiger partial charge in [-0.3, -0.25) is 0 Å². The molecule has 1 fully saturated rings. The molecular weight excluding hydrogens is 168 g/mol. The largest absolute Gasteiger partial charge is 0.312 e. The van der Waals surface area contributed by atoms with Gasteiger partial charge in [-0.15, -0.1) is 0 Å². The van der Waals surface area contributed by atoms with Crippen molar-refractivity contribution in [2.24, 2.45) is 11.8 Å². The summed E-state index contributed by atoms with van der Waals surface area (Å²) < 4.78 is 5.21. The Labute approximate surface area is 81.5 Å². The van der Waals surface area contributed by atoms with Crippen LogP contribution in [0.25, 0.3) is 0 Å². The molecule has 0 saturated heterocycles. The van der Waals surface area contributed by atoms with Crippen LogP contribution in [-0.2, 0) is 4.18 Å². The predicted octanol–water partition coefficient (Wildman–Crippen LogP) is 3.45. The molecule has 0 amide bonds. The summed E-state index contributed by atoms with van der Waals surface area (Å²) in [6.45, 7) is 6.62. The summed E-state index contributed by atoms with van der Waals surface area (Å²) in [6.07, 6.45) is 5.31. The quantitative estimate of drug-likeness (QED) is 0.516. The van der Waals surface area contributed by atoms with E-state index >= 15 is 0 Å². The summed E-state index contributed by atoms with van der Waals surface area (Å²) in [6, 6.07) is 0. The van der Waals surface area contributed by atoms with Crippen molar-refractivity contribution in [2.75, 3.05) is 0 Å². The Balaban J connectivity index is 2.44. The topological polar surface area (TPSA) is 9.23 Å². The lowest BCUT2D eigenvalue weighted by molar-refractivity contribution is 0.0398. The molecule has 2 heteroatoms. The third-order valence-corrected chi connectivity index (χ3v) is 3.70. The number of rotatable bonds is 2. The van der Waals surface area contributed by atoms with Crippen molar-refractivity contribution in [2.45, 2.75) is 52.1 Å². The van der Waals surface area contributed by atoms with E-state index < -0.39 is 0 Å². The van der Waals surface area contributed by atoms with Crippen LogP contribution in [-0.4, -0.2) is 5.60 Å². The molecule has 0 aromatic rings. The van der Waals surface area contributed by atoms with E-state index in [1.807, 2.05) is 0 Å². The number of hydrogen-bond acceptors (Lipinski definition) is 2. The molecule has 72 valence electrons. The average Bonchev–Trinajstić information content (AvgIpc) is 2.05. The fourth-order valence-electron chi connectivity index (χ4n) is 2.03. The monoisotopic (exact) mass is 188 g/mol. The molecule has 0 radical (unpaired) electrons. The predicted molar refractivity (Wildman–Crippen MR) is 55.3 cm³/mol. The van der Waals surface area contributed by atoms with Crippen LogP contribution < -0.4 is 0 Å². The second-order valence-electron chi connectivity index (χ2n) is 4.65. The summed E-state index contributed by atoms with van der Waals surface area (Å²) in [5, 5.41) is 0. The van der Waals surface area contributed by atoms with Crippen LogP contribution in [0.4, 0.5) is 0 Å². The first-order chi connectivity index (χ1) is 5.56. The molecule has 0 spiro atoms. The standard InChI is InChI=1S/C10H20OS/c1-8-4-6-9(7-5-8)10(2,3)11-12/h8-9,12H,4-7H2,1-3H3. The van der Waals surface area contributed by atoms with E-state index in [4.69, 9.17) is 4.18 Å². The zero-order chi connectivity index (χ0) is 9.19. The Bertz CT molecular complexity index is 137. The van der Waals surface area contributed by atoms with E-state index in [2.05, 4.69) is 33.7 Å². The van der Waals surface area contributed by atoms with Crippen molar-refractivity contribution < 1.29 is 4.18 Å². The van der Waals surface area contributed by atoms with Crippen LogP contribution in [0, 0.1) is 11.8 Å². The van der Waals surface area contributed by atoms with E-state index in [9.17, 15) is 0 Å². The van der Waals surface area contributed by atoms with Crippen molar-refractivity contribution in [1.82, 2.24) is 0 Å². The van der Waals surface area contributed by atoms with Crippen LogP contribution in [0.15, 0.2) is 0 Å². The zero-order valence-electron chi connectivity index (χ0n) is 8.34. The summed E-state index contributed by atoms with van der Waals surface area (Å²) in [5.74, 6) is 1.61. The maximum Gasteiger partial charge on any atom is 0.0797 e.